The molecule has 1 aliphatic heterocycles. The van der Waals surface area contributed by atoms with Gasteiger partial charge in [-0.3, -0.25) is 0 Å². The molecule has 120 valence electrons. The molecule has 11 heteroatoms. The summed E-state index contributed by atoms with van der Waals surface area (Å²) in [5.41, 5.74) is 0. The molecule has 0 amide bonds. The van der Waals surface area contributed by atoms with Crippen LogP contribution >= 0.6 is 11.3 Å². The zero-order chi connectivity index (χ0) is 15.7. The Morgan fingerprint density at radius 3 is 2.91 bits per heavy atom. The quantitative estimate of drug-likeness (QED) is 0.917. The summed E-state index contributed by atoms with van der Waals surface area (Å²) in [5, 5.41) is 13.2. The maximum absolute atomic E-state index is 12.5. The van der Waals surface area contributed by atoms with E-state index in [0.717, 1.165) is 12.2 Å². The summed E-state index contributed by atoms with van der Waals surface area (Å²) < 4.78 is 44.2. The van der Waals surface area contributed by atoms with Crippen molar-refractivity contribution in [3.63, 3.8) is 0 Å². The maximum Gasteiger partial charge on any atom is 0.445 e. The highest BCUT2D eigenvalue weighted by Gasteiger charge is 2.36. The zero-order valence-corrected chi connectivity index (χ0v) is 12.4. The molecule has 1 unspecified atom stereocenters. The Hall–Kier alpha value is -1.75. The van der Waals surface area contributed by atoms with E-state index in [2.05, 4.69) is 25.6 Å². The minimum atomic E-state index is -4.46. The smallest absolute Gasteiger partial charge is 0.377 e. The molecule has 0 aromatic carbocycles. The van der Waals surface area contributed by atoms with E-state index in [0.29, 0.717) is 36.7 Å². The standard InChI is InChI=1S/C11H13F3N6OS/c1-21-5-7-16-8-3-2-6(4-20(8)19-7)15-10-18-17-9(22-10)11(12,13)14/h6H,2-5H2,1H3,(H,15,18). The lowest BCUT2D eigenvalue weighted by Gasteiger charge is -2.22. The maximum atomic E-state index is 12.5. The Morgan fingerprint density at radius 1 is 1.41 bits per heavy atom. The number of rotatable bonds is 4. The molecule has 0 spiro atoms. The van der Waals surface area contributed by atoms with Gasteiger partial charge in [-0.05, 0) is 6.42 Å². The second-order valence-electron chi connectivity index (χ2n) is 4.85. The van der Waals surface area contributed by atoms with Crippen molar-refractivity contribution in [1.82, 2.24) is 25.0 Å². The molecule has 0 saturated carbocycles. The number of alkyl halides is 3. The molecule has 0 aliphatic carbocycles. The molecule has 0 fully saturated rings. The van der Waals surface area contributed by atoms with Crippen LogP contribution in [-0.2, 0) is 30.5 Å². The van der Waals surface area contributed by atoms with Crippen LogP contribution in [0.5, 0.6) is 0 Å². The van der Waals surface area contributed by atoms with E-state index in [1.54, 1.807) is 11.8 Å². The van der Waals surface area contributed by atoms with Crippen LogP contribution in [0.3, 0.4) is 0 Å². The van der Waals surface area contributed by atoms with Gasteiger partial charge in [0, 0.05) is 19.6 Å². The minimum absolute atomic E-state index is 0.0568. The third-order valence-corrected chi connectivity index (χ3v) is 4.07. The zero-order valence-electron chi connectivity index (χ0n) is 11.6. The number of anilines is 1. The molecule has 2 aromatic heterocycles. The third-order valence-electron chi connectivity index (χ3n) is 3.17. The molecule has 3 rings (SSSR count). The molecule has 0 bridgehead atoms. The summed E-state index contributed by atoms with van der Waals surface area (Å²) in [4.78, 5) is 4.34. The van der Waals surface area contributed by atoms with Crippen molar-refractivity contribution in [1.29, 1.82) is 0 Å². The van der Waals surface area contributed by atoms with Crippen molar-refractivity contribution < 1.29 is 17.9 Å². The van der Waals surface area contributed by atoms with Crippen LogP contribution in [0.2, 0.25) is 0 Å². The monoisotopic (exact) mass is 334 g/mol. The fourth-order valence-corrected chi connectivity index (χ4v) is 2.93. The Kier molecular flexibility index (Phi) is 4.00. The molecule has 1 aliphatic rings. The number of methoxy groups -OCH3 is 1. The summed E-state index contributed by atoms with van der Waals surface area (Å²) in [6, 6.07) is -0.0568. The van der Waals surface area contributed by atoms with E-state index >= 15 is 0 Å². The number of aromatic nitrogens is 5. The lowest BCUT2D eigenvalue weighted by Crippen LogP contribution is -2.31. The van der Waals surface area contributed by atoms with Gasteiger partial charge >= 0.3 is 6.18 Å². The highest BCUT2D eigenvalue weighted by Crippen LogP contribution is 2.33. The van der Waals surface area contributed by atoms with Crippen LogP contribution in [0.15, 0.2) is 0 Å². The number of nitrogens with zero attached hydrogens (tertiary/aromatic N) is 5. The molecule has 7 nitrogen and oxygen atoms in total. The molecule has 22 heavy (non-hydrogen) atoms. The van der Waals surface area contributed by atoms with E-state index < -0.39 is 11.2 Å². The molecule has 1 N–H and O–H groups in total. The second kappa shape index (κ2) is 5.80. The summed E-state index contributed by atoms with van der Waals surface area (Å²) in [7, 11) is 1.57. The number of hydrogen-bond acceptors (Lipinski definition) is 7. The molecular formula is C11H13F3N6OS. The Morgan fingerprint density at radius 2 is 2.23 bits per heavy atom. The average molecular weight is 334 g/mol. The Balaban J connectivity index is 1.66. The van der Waals surface area contributed by atoms with Crippen molar-refractivity contribution in [3.8, 4) is 0 Å². The van der Waals surface area contributed by atoms with Gasteiger partial charge in [-0.2, -0.15) is 18.3 Å². The van der Waals surface area contributed by atoms with Crippen LogP contribution in [0, 0.1) is 0 Å². The minimum Gasteiger partial charge on any atom is -0.377 e. The normalized spacial score (nSPS) is 18.3. The SMILES string of the molecule is COCc1nc2n(n1)CC(Nc1nnc(C(F)(F)F)s1)CC2. The van der Waals surface area contributed by atoms with Gasteiger partial charge in [0.2, 0.25) is 10.1 Å². The van der Waals surface area contributed by atoms with Crippen LogP contribution in [0.25, 0.3) is 0 Å². The van der Waals surface area contributed by atoms with E-state index in [4.69, 9.17) is 4.74 Å². The van der Waals surface area contributed by atoms with Gasteiger partial charge in [0.1, 0.15) is 12.4 Å². The van der Waals surface area contributed by atoms with Gasteiger partial charge in [-0.25, -0.2) is 9.67 Å². The van der Waals surface area contributed by atoms with Gasteiger partial charge in [-0.15, -0.1) is 10.2 Å². The van der Waals surface area contributed by atoms with Crippen molar-refractivity contribution in [3.05, 3.63) is 16.7 Å². The largest absolute Gasteiger partial charge is 0.445 e. The predicted molar refractivity (Wildman–Crippen MR) is 71.4 cm³/mol. The fourth-order valence-electron chi connectivity index (χ4n) is 2.24. The van der Waals surface area contributed by atoms with E-state index in [-0.39, 0.29) is 11.2 Å². The fraction of sp³-hybridized carbons (Fsp3) is 0.636. The molecule has 0 saturated heterocycles. The van der Waals surface area contributed by atoms with Gasteiger partial charge in [0.15, 0.2) is 5.82 Å². The van der Waals surface area contributed by atoms with E-state index in [9.17, 15) is 13.2 Å². The summed E-state index contributed by atoms with van der Waals surface area (Å²) >= 11 is 0.504. The van der Waals surface area contributed by atoms with Gasteiger partial charge in [-0.1, -0.05) is 11.3 Å². The van der Waals surface area contributed by atoms with Crippen molar-refractivity contribution >= 4 is 16.5 Å². The summed E-state index contributed by atoms with van der Waals surface area (Å²) in [6.45, 7) is 0.858. The summed E-state index contributed by atoms with van der Waals surface area (Å²) in [6.07, 6.45) is -3.02. The predicted octanol–water partition coefficient (Wildman–Crippen LogP) is 1.72. The van der Waals surface area contributed by atoms with Crippen LogP contribution < -0.4 is 5.32 Å². The highest BCUT2D eigenvalue weighted by atomic mass is 32.1. The first-order chi connectivity index (χ1) is 10.5. The van der Waals surface area contributed by atoms with Gasteiger partial charge in [0.25, 0.3) is 0 Å². The molecular weight excluding hydrogens is 321 g/mol. The van der Waals surface area contributed by atoms with Gasteiger partial charge in [0.05, 0.1) is 6.54 Å². The lowest BCUT2D eigenvalue weighted by atomic mass is 10.1. The molecule has 2 aromatic rings. The number of halogens is 3. The molecule has 1 atom stereocenters. The number of ether oxygens (including phenoxy) is 1. The van der Waals surface area contributed by atoms with E-state index in [1.807, 2.05) is 0 Å². The first-order valence-electron chi connectivity index (χ1n) is 6.54. The Labute approximate surface area is 127 Å². The first kappa shape index (κ1) is 15.2. The van der Waals surface area contributed by atoms with Crippen molar-refractivity contribution in [2.24, 2.45) is 0 Å². The Bertz CT molecular complexity index is 655. The first-order valence-corrected chi connectivity index (χ1v) is 7.36. The second-order valence-corrected chi connectivity index (χ2v) is 5.83. The van der Waals surface area contributed by atoms with Crippen LogP contribution in [0.1, 0.15) is 23.1 Å². The van der Waals surface area contributed by atoms with Crippen LogP contribution in [0.4, 0.5) is 18.3 Å². The van der Waals surface area contributed by atoms with Crippen molar-refractivity contribution in [2.75, 3.05) is 12.4 Å². The number of nitrogens with one attached hydrogen (secondary N) is 1. The lowest BCUT2D eigenvalue weighted by molar-refractivity contribution is -0.138. The van der Waals surface area contributed by atoms with Gasteiger partial charge < -0.3 is 10.1 Å². The third kappa shape index (κ3) is 3.19. The molecule has 0 radical (unpaired) electrons. The number of fused-ring (bicyclic) bond motifs is 1. The number of hydrogen-bond donors (Lipinski definition) is 1. The topological polar surface area (TPSA) is 77.8 Å². The van der Waals surface area contributed by atoms with Crippen LogP contribution in [-0.4, -0.2) is 38.1 Å². The van der Waals surface area contributed by atoms with Crippen molar-refractivity contribution in [2.45, 2.75) is 38.2 Å². The average Bonchev–Trinajstić information content (AvgIpc) is 3.04. The summed E-state index contributed by atoms with van der Waals surface area (Å²) in [5.74, 6) is 1.46. The number of aryl methyl sites for hydroxylation is 1. The molecule has 3 heterocycles. The van der Waals surface area contributed by atoms with E-state index in [1.165, 1.54) is 0 Å². The highest BCUT2D eigenvalue weighted by molar-refractivity contribution is 7.15.